The fourth-order valence-electron chi connectivity index (χ4n) is 2.08. The first-order valence-corrected chi connectivity index (χ1v) is 7.99. The number of benzene rings is 2. The molecule has 2 aromatic carbocycles. The van der Waals surface area contributed by atoms with Crippen LogP contribution in [0.15, 0.2) is 48.5 Å². The molecule has 5 nitrogen and oxygen atoms in total. The molecule has 0 aliphatic carbocycles. The Morgan fingerprint density at radius 3 is 2.62 bits per heavy atom. The number of anilines is 1. The van der Waals surface area contributed by atoms with Gasteiger partial charge in [-0.15, -0.1) is 0 Å². The van der Waals surface area contributed by atoms with Gasteiger partial charge in [-0.1, -0.05) is 35.9 Å². The molecular weight excluding hydrogens is 328 g/mol. The number of ether oxygens (including phenoxy) is 1. The number of carbonyl (C=O) groups is 2. The third-order valence-electron chi connectivity index (χ3n) is 3.17. The summed E-state index contributed by atoms with van der Waals surface area (Å²) in [6, 6.07) is 14.1. The van der Waals surface area contributed by atoms with E-state index in [1.54, 1.807) is 30.3 Å². The number of hydrogen-bond acceptors (Lipinski definition) is 3. The molecule has 0 heterocycles. The minimum Gasteiger partial charge on any atom is -0.484 e. The maximum absolute atomic E-state index is 12.1. The first-order valence-electron chi connectivity index (χ1n) is 7.61. The Morgan fingerprint density at radius 1 is 1.08 bits per heavy atom. The highest BCUT2D eigenvalue weighted by Crippen LogP contribution is 2.19. The number of hydrogen-bond donors (Lipinski definition) is 2. The van der Waals surface area contributed by atoms with Gasteiger partial charge >= 0.3 is 0 Å². The fourth-order valence-corrected chi connectivity index (χ4v) is 2.28. The Kier molecular flexibility index (Phi) is 6.63. The molecule has 0 radical (unpaired) electrons. The lowest BCUT2D eigenvalue weighted by atomic mass is 10.1. The number of halogens is 1. The molecule has 0 aromatic heterocycles. The standard InChI is InChI=1S/C18H19ClN2O3/c1-2-20-18(23)12-24-15-8-5-7-14(11-15)21-17(22)10-13-6-3-4-9-16(13)19/h3-9,11H,2,10,12H2,1H3,(H,20,23)(H,21,22). The minimum absolute atomic E-state index is 0.0646. The number of nitrogens with one attached hydrogen (secondary N) is 2. The Balaban J connectivity index is 1.92. The molecular formula is C18H19ClN2O3. The fraction of sp³-hybridized carbons (Fsp3) is 0.222. The Labute approximate surface area is 146 Å². The summed E-state index contributed by atoms with van der Waals surface area (Å²) in [6.45, 7) is 2.33. The first kappa shape index (κ1) is 17.8. The monoisotopic (exact) mass is 346 g/mol. The largest absolute Gasteiger partial charge is 0.484 e. The van der Waals surface area contributed by atoms with Crippen LogP contribution in [0.1, 0.15) is 12.5 Å². The average Bonchev–Trinajstić information content (AvgIpc) is 2.56. The summed E-state index contributed by atoms with van der Waals surface area (Å²) in [5.41, 5.74) is 1.36. The third kappa shape index (κ3) is 5.59. The molecule has 2 rings (SSSR count). The average molecular weight is 347 g/mol. The van der Waals surface area contributed by atoms with Crippen molar-refractivity contribution in [2.75, 3.05) is 18.5 Å². The molecule has 126 valence electrons. The van der Waals surface area contributed by atoms with Gasteiger partial charge in [0, 0.05) is 23.3 Å². The van der Waals surface area contributed by atoms with Crippen LogP contribution in [-0.4, -0.2) is 25.0 Å². The molecule has 0 aliphatic heterocycles. The highest BCUT2D eigenvalue weighted by molar-refractivity contribution is 6.31. The van der Waals surface area contributed by atoms with Crippen molar-refractivity contribution in [1.29, 1.82) is 0 Å². The summed E-state index contributed by atoms with van der Waals surface area (Å²) in [7, 11) is 0. The van der Waals surface area contributed by atoms with Crippen LogP contribution < -0.4 is 15.4 Å². The van der Waals surface area contributed by atoms with Gasteiger partial charge in [0.25, 0.3) is 5.91 Å². The van der Waals surface area contributed by atoms with Crippen molar-refractivity contribution in [3.05, 3.63) is 59.1 Å². The van der Waals surface area contributed by atoms with Crippen molar-refractivity contribution in [1.82, 2.24) is 5.32 Å². The van der Waals surface area contributed by atoms with Crippen molar-refractivity contribution in [2.45, 2.75) is 13.3 Å². The molecule has 0 unspecified atom stereocenters. The van der Waals surface area contributed by atoms with Crippen molar-refractivity contribution >= 4 is 29.1 Å². The second-order valence-electron chi connectivity index (χ2n) is 5.09. The van der Waals surface area contributed by atoms with Gasteiger partial charge in [-0.25, -0.2) is 0 Å². The molecule has 2 amide bonds. The molecule has 0 aliphatic rings. The summed E-state index contributed by atoms with van der Waals surface area (Å²) >= 11 is 6.06. The first-order chi connectivity index (χ1) is 11.6. The van der Waals surface area contributed by atoms with Gasteiger partial charge in [0.1, 0.15) is 5.75 Å². The molecule has 0 bridgehead atoms. The van der Waals surface area contributed by atoms with E-state index in [0.29, 0.717) is 23.0 Å². The van der Waals surface area contributed by atoms with Crippen LogP contribution in [0.4, 0.5) is 5.69 Å². The quantitative estimate of drug-likeness (QED) is 0.809. The van der Waals surface area contributed by atoms with Crippen molar-refractivity contribution in [3.63, 3.8) is 0 Å². The summed E-state index contributed by atoms with van der Waals surface area (Å²) < 4.78 is 5.40. The second-order valence-corrected chi connectivity index (χ2v) is 5.49. The number of rotatable bonds is 7. The third-order valence-corrected chi connectivity index (χ3v) is 3.54. The predicted molar refractivity (Wildman–Crippen MR) is 94.4 cm³/mol. The van der Waals surface area contributed by atoms with E-state index in [1.807, 2.05) is 25.1 Å². The van der Waals surface area contributed by atoms with E-state index in [-0.39, 0.29) is 24.8 Å². The Hall–Kier alpha value is -2.53. The van der Waals surface area contributed by atoms with Crippen LogP contribution in [0, 0.1) is 0 Å². The van der Waals surface area contributed by atoms with Crippen molar-refractivity contribution in [3.8, 4) is 5.75 Å². The molecule has 0 saturated heterocycles. The Bertz CT molecular complexity index is 719. The minimum atomic E-state index is -0.189. The summed E-state index contributed by atoms with van der Waals surface area (Å²) in [5.74, 6) is 0.145. The second kappa shape index (κ2) is 8.93. The number of amides is 2. The lowest BCUT2D eigenvalue weighted by Gasteiger charge is -2.09. The van der Waals surface area contributed by atoms with Crippen LogP contribution >= 0.6 is 11.6 Å². The smallest absolute Gasteiger partial charge is 0.257 e. The van der Waals surface area contributed by atoms with Crippen LogP contribution in [0.5, 0.6) is 5.75 Å². The highest BCUT2D eigenvalue weighted by Gasteiger charge is 2.08. The van der Waals surface area contributed by atoms with Gasteiger partial charge in [-0.05, 0) is 30.7 Å². The molecule has 6 heteroatoms. The van der Waals surface area contributed by atoms with E-state index >= 15 is 0 Å². The van der Waals surface area contributed by atoms with E-state index in [4.69, 9.17) is 16.3 Å². The molecule has 2 aromatic rings. The predicted octanol–water partition coefficient (Wildman–Crippen LogP) is 3.04. The van der Waals surface area contributed by atoms with Crippen LogP contribution in [-0.2, 0) is 16.0 Å². The van der Waals surface area contributed by atoms with Crippen molar-refractivity contribution in [2.24, 2.45) is 0 Å². The normalized spacial score (nSPS) is 10.1. The number of carbonyl (C=O) groups excluding carboxylic acids is 2. The maximum atomic E-state index is 12.1. The highest BCUT2D eigenvalue weighted by atomic mass is 35.5. The van der Waals surface area contributed by atoms with Crippen LogP contribution in [0.3, 0.4) is 0 Å². The van der Waals surface area contributed by atoms with E-state index < -0.39 is 0 Å². The summed E-state index contributed by atoms with van der Waals surface area (Å²) in [4.78, 5) is 23.5. The van der Waals surface area contributed by atoms with Gasteiger partial charge < -0.3 is 15.4 Å². The van der Waals surface area contributed by atoms with Crippen LogP contribution in [0.2, 0.25) is 5.02 Å². The molecule has 2 N–H and O–H groups in total. The van der Waals surface area contributed by atoms with Gasteiger partial charge in [0.05, 0.1) is 6.42 Å². The van der Waals surface area contributed by atoms with E-state index in [2.05, 4.69) is 10.6 Å². The van der Waals surface area contributed by atoms with E-state index in [1.165, 1.54) is 0 Å². The molecule has 0 fully saturated rings. The Morgan fingerprint density at radius 2 is 1.88 bits per heavy atom. The zero-order chi connectivity index (χ0) is 17.4. The van der Waals surface area contributed by atoms with Crippen molar-refractivity contribution < 1.29 is 14.3 Å². The van der Waals surface area contributed by atoms with Gasteiger partial charge in [0.2, 0.25) is 5.91 Å². The summed E-state index contributed by atoms with van der Waals surface area (Å²) in [6.07, 6.45) is 0.184. The lowest BCUT2D eigenvalue weighted by molar-refractivity contribution is -0.123. The topological polar surface area (TPSA) is 67.4 Å². The molecule has 0 atom stereocenters. The number of likely N-dealkylation sites (N-methyl/N-ethyl adjacent to an activating group) is 1. The van der Waals surface area contributed by atoms with Gasteiger partial charge in [-0.3, -0.25) is 9.59 Å². The molecule has 0 spiro atoms. The van der Waals surface area contributed by atoms with Crippen LogP contribution in [0.25, 0.3) is 0 Å². The van der Waals surface area contributed by atoms with E-state index in [0.717, 1.165) is 5.56 Å². The van der Waals surface area contributed by atoms with Gasteiger partial charge in [0.15, 0.2) is 6.61 Å². The SMILES string of the molecule is CCNC(=O)COc1cccc(NC(=O)Cc2ccccc2Cl)c1. The summed E-state index contributed by atoms with van der Waals surface area (Å²) in [5, 5.41) is 6.00. The zero-order valence-electron chi connectivity index (χ0n) is 13.3. The lowest BCUT2D eigenvalue weighted by Crippen LogP contribution is -2.28. The van der Waals surface area contributed by atoms with E-state index in [9.17, 15) is 9.59 Å². The molecule has 24 heavy (non-hydrogen) atoms. The van der Waals surface area contributed by atoms with Gasteiger partial charge in [-0.2, -0.15) is 0 Å². The zero-order valence-corrected chi connectivity index (χ0v) is 14.1. The molecule has 0 saturated carbocycles. The maximum Gasteiger partial charge on any atom is 0.257 e.